The SMILES string of the molecule is COc1cc(C[C@H]2[C@H](O)C[C@@H](OCO)CCc3cc(O[C@H]4CCC[C@@H](CCCO)C4)c(O)cc3[C@H](CCO)SSC[C@@H]2O)cc(OC)c1O. The Morgan fingerprint density at radius 1 is 0.816 bits per heavy atom. The highest BCUT2D eigenvalue weighted by molar-refractivity contribution is 8.76. The molecule has 1 saturated carbocycles. The molecular weight excluding hydrogens is 673 g/mol. The number of benzene rings is 2. The van der Waals surface area contributed by atoms with E-state index in [0.717, 1.165) is 49.7 Å². The molecule has 0 bridgehead atoms. The fourth-order valence-corrected chi connectivity index (χ4v) is 10.00. The summed E-state index contributed by atoms with van der Waals surface area (Å²) >= 11 is 0. The molecule has 1 heterocycles. The van der Waals surface area contributed by atoms with Crippen LogP contribution in [0.4, 0.5) is 0 Å². The molecule has 11 nitrogen and oxygen atoms in total. The minimum atomic E-state index is -1.000. The second-order valence-electron chi connectivity index (χ2n) is 13.1. The summed E-state index contributed by atoms with van der Waals surface area (Å²) in [6.45, 7) is -0.427. The van der Waals surface area contributed by atoms with Crippen LogP contribution in [-0.4, -0.2) is 100 Å². The van der Waals surface area contributed by atoms with Crippen molar-refractivity contribution in [3.05, 3.63) is 41.0 Å². The fraction of sp³-hybridized carbons (Fsp3) is 0.667. The summed E-state index contributed by atoms with van der Waals surface area (Å²) in [5.74, 6) is 0.863. The molecule has 49 heavy (non-hydrogen) atoms. The van der Waals surface area contributed by atoms with Gasteiger partial charge in [-0.25, -0.2) is 0 Å². The number of phenols is 2. The van der Waals surface area contributed by atoms with Crippen LogP contribution in [0.3, 0.4) is 0 Å². The second-order valence-corrected chi connectivity index (χ2v) is 15.7. The summed E-state index contributed by atoms with van der Waals surface area (Å²) in [4.78, 5) is 0. The number of hydrogen-bond acceptors (Lipinski definition) is 13. The quantitative estimate of drug-likeness (QED) is 0.110. The van der Waals surface area contributed by atoms with Crippen molar-refractivity contribution in [1.82, 2.24) is 0 Å². The predicted octanol–water partition coefficient (Wildman–Crippen LogP) is 4.88. The lowest BCUT2D eigenvalue weighted by Gasteiger charge is -2.30. The lowest BCUT2D eigenvalue weighted by Crippen LogP contribution is -2.38. The summed E-state index contributed by atoms with van der Waals surface area (Å²) in [7, 11) is 5.82. The van der Waals surface area contributed by atoms with Crippen LogP contribution < -0.4 is 14.2 Å². The maximum atomic E-state index is 11.6. The maximum absolute atomic E-state index is 11.6. The Balaban J connectivity index is 1.61. The molecule has 0 spiro atoms. The van der Waals surface area contributed by atoms with Crippen LogP contribution in [0.25, 0.3) is 0 Å². The molecule has 13 heteroatoms. The lowest BCUT2D eigenvalue weighted by molar-refractivity contribution is -0.0808. The molecule has 1 aliphatic heterocycles. The van der Waals surface area contributed by atoms with E-state index in [4.69, 9.17) is 18.9 Å². The summed E-state index contributed by atoms with van der Waals surface area (Å²) in [5, 5.41) is 73.5. The van der Waals surface area contributed by atoms with Crippen molar-refractivity contribution < 1.29 is 54.7 Å². The molecule has 0 radical (unpaired) electrons. The van der Waals surface area contributed by atoms with Crippen molar-refractivity contribution in [2.24, 2.45) is 11.8 Å². The number of hydrogen-bond donors (Lipinski definition) is 7. The van der Waals surface area contributed by atoms with Gasteiger partial charge in [0.05, 0.1) is 38.6 Å². The van der Waals surface area contributed by atoms with Gasteiger partial charge < -0.3 is 54.7 Å². The van der Waals surface area contributed by atoms with E-state index < -0.39 is 31.0 Å². The molecular formula is C36H54O11S2. The minimum absolute atomic E-state index is 0.0347. The van der Waals surface area contributed by atoms with Gasteiger partial charge in [0, 0.05) is 30.1 Å². The highest BCUT2D eigenvalue weighted by Gasteiger charge is 2.32. The number of fused-ring (bicyclic) bond motifs is 1. The number of aliphatic hydroxyl groups excluding tert-OH is 5. The first-order valence-corrected chi connectivity index (χ1v) is 19.6. The molecule has 0 amide bonds. The Morgan fingerprint density at radius 3 is 2.24 bits per heavy atom. The van der Waals surface area contributed by atoms with Gasteiger partial charge in [-0.1, -0.05) is 28.0 Å². The molecule has 4 rings (SSSR count). The van der Waals surface area contributed by atoms with E-state index in [0.29, 0.717) is 36.5 Å². The van der Waals surface area contributed by atoms with Gasteiger partial charge in [0.1, 0.15) is 6.79 Å². The van der Waals surface area contributed by atoms with Gasteiger partial charge in [0.15, 0.2) is 23.0 Å². The molecule has 0 saturated heterocycles. The first-order valence-electron chi connectivity index (χ1n) is 17.3. The number of phenolic OH excluding ortho intramolecular Hbond substituents is 2. The third-order valence-electron chi connectivity index (χ3n) is 9.73. The Bertz CT molecular complexity index is 1270. The maximum Gasteiger partial charge on any atom is 0.200 e. The third kappa shape index (κ3) is 11.2. The van der Waals surface area contributed by atoms with Crippen LogP contribution in [0.2, 0.25) is 0 Å². The van der Waals surface area contributed by atoms with Gasteiger partial charge >= 0.3 is 0 Å². The lowest BCUT2D eigenvalue weighted by atomic mass is 9.84. The zero-order valence-corrected chi connectivity index (χ0v) is 30.2. The molecule has 0 unspecified atom stereocenters. The number of aliphatic hydroxyl groups is 5. The second kappa shape index (κ2) is 20.1. The summed E-state index contributed by atoms with van der Waals surface area (Å²) < 4.78 is 22.8. The largest absolute Gasteiger partial charge is 0.504 e. The van der Waals surface area contributed by atoms with Crippen LogP contribution in [0, 0.1) is 11.8 Å². The normalized spacial score (nSPS) is 26.9. The first-order chi connectivity index (χ1) is 23.7. The Kier molecular flexibility index (Phi) is 16.3. The van der Waals surface area contributed by atoms with E-state index in [9.17, 15) is 35.7 Å². The molecule has 1 aliphatic carbocycles. The van der Waals surface area contributed by atoms with Crippen LogP contribution in [0.1, 0.15) is 79.7 Å². The van der Waals surface area contributed by atoms with Gasteiger partial charge in [-0.2, -0.15) is 0 Å². The predicted molar refractivity (Wildman–Crippen MR) is 191 cm³/mol. The van der Waals surface area contributed by atoms with Crippen LogP contribution >= 0.6 is 21.6 Å². The fourth-order valence-electron chi connectivity index (χ4n) is 7.10. The smallest absolute Gasteiger partial charge is 0.200 e. The van der Waals surface area contributed by atoms with E-state index in [1.54, 1.807) is 18.2 Å². The van der Waals surface area contributed by atoms with Crippen molar-refractivity contribution in [2.75, 3.05) is 40.0 Å². The average molecular weight is 727 g/mol. The number of aryl methyl sites for hydroxylation is 1. The molecule has 276 valence electrons. The number of aromatic hydroxyl groups is 2. The van der Waals surface area contributed by atoms with E-state index >= 15 is 0 Å². The zero-order valence-electron chi connectivity index (χ0n) is 28.5. The van der Waals surface area contributed by atoms with E-state index in [1.165, 1.54) is 35.8 Å². The number of rotatable bonds is 13. The van der Waals surface area contributed by atoms with E-state index in [1.807, 2.05) is 6.07 Å². The molecule has 1 fully saturated rings. The summed E-state index contributed by atoms with van der Waals surface area (Å²) in [6.07, 6.45) is 4.86. The molecule has 2 aliphatic rings. The third-order valence-corrected chi connectivity index (χ3v) is 12.6. The Morgan fingerprint density at radius 2 is 1.57 bits per heavy atom. The van der Waals surface area contributed by atoms with E-state index in [-0.39, 0.29) is 66.2 Å². The van der Waals surface area contributed by atoms with Crippen LogP contribution in [0.5, 0.6) is 28.7 Å². The van der Waals surface area contributed by atoms with Crippen molar-refractivity contribution >= 4 is 21.6 Å². The monoisotopic (exact) mass is 726 g/mol. The number of methoxy groups -OCH3 is 2. The minimum Gasteiger partial charge on any atom is -0.504 e. The Labute approximate surface area is 297 Å². The van der Waals surface area contributed by atoms with Gasteiger partial charge in [-0.3, -0.25) is 0 Å². The highest BCUT2D eigenvalue weighted by Crippen LogP contribution is 2.47. The molecule has 0 aromatic heterocycles. The molecule has 2 aromatic carbocycles. The Hall–Kier alpha value is -2.10. The van der Waals surface area contributed by atoms with Crippen molar-refractivity contribution in [1.29, 1.82) is 0 Å². The van der Waals surface area contributed by atoms with Gasteiger partial charge in [-0.15, -0.1) is 0 Å². The van der Waals surface area contributed by atoms with Gasteiger partial charge in [0.2, 0.25) is 5.75 Å². The topological polar surface area (TPSA) is 179 Å². The number of ether oxygens (including phenoxy) is 4. The van der Waals surface area contributed by atoms with Crippen LogP contribution in [-0.2, 0) is 17.6 Å². The van der Waals surface area contributed by atoms with Crippen molar-refractivity contribution in [3.8, 4) is 28.7 Å². The summed E-state index contributed by atoms with van der Waals surface area (Å²) in [5.41, 5.74) is 2.48. The molecule has 2 aromatic rings. The van der Waals surface area contributed by atoms with Crippen molar-refractivity contribution in [2.45, 2.75) is 100 Å². The van der Waals surface area contributed by atoms with Crippen molar-refractivity contribution in [3.63, 3.8) is 0 Å². The first kappa shape index (κ1) is 39.7. The zero-order chi connectivity index (χ0) is 35.3. The molecule has 7 atom stereocenters. The average Bonchev–Trinajstić information content (AvgIpc) is 3.10. The summed E-state index contributed by atoms with van der Waals surface area (Å²) in [6, 6.07) is 6.92. The van der Waals surface area contributed by atoms with Gasteiger partial charge in [-0.05, 0) is 111 Å². The van der Waals surface area contributed by atoms with E-state index in [2.05, 4.69) is 0 Å². The van der Waals surface area contributed by atoms with Gasteiger partial charge in [0.25, 0.3) is 0 Å². The standard InChI is InChI=1S/C36H54O11S2/c1-44-33-15-23(16-34(45-2)36(33)43)14-28-29(40)18-25(46-21-39)9-8-24-17-32(47-26-7-3-5-22(13-26)6-4-11-37)30(41)19-27(24)35(10-12-38)49-48-20-31(28)42/h15-17,19,22,25-26,28-29,31,35,37-43H,3-14,18,20-21H2,1-2H3/t22-,25-,26-,28-,29+,31-,35-/m0/s1. The molecule has 7 N–H and O–H groups in total. The highest BCUT2D eigenvalue weighted by atomic mass is 33.1. The van der Waals surface area contributed by atoms with Crippen LogP contribution in [0.15, 0.2) is 24.3 Å².